The summed E-state index contributed by atoms with van der Waals surface area (Å²) in [6.07, 6.45) is 0.810. The molecule has 6 heteroatoms. The summed E-state index contributed by atoms with van der Waals surface area (Å²) in [4.78, 5) is 13.7. The fourth-order valence-electron chi connectivity index (χ4n) is 2.33. The predicted octanol–water partition coefficient (Wildman–Crippen LogP) is 0.883. The smallest absolute Gasteiger partial charge is 0.227 e. The van der Waals surface area contributed by atoms with Crippen LogP contribution < -0.4 is 4.74 Å². The van der Waals surface area contributed by atoms with Crippen molar-refractivity contribution in [1.29, 1.82) is 0 Å². The number of likely N-dealkylation sites (N-methyl/N-ethyl adjacent to an activating group) is 1. The molecule has 1 aliphatic heterocycles. The van der Waals surface area contributed by atoms with Gasteiger partial charge in [0.2, 0.25) is 5.91 Å². The zero-order chi connectivity index (χ0) is 14.8. The minimum absolute atomic E-state index is 0.0581. The molecule has 1 aromatic carbocycles. The Hall–Kier alpha value is -1.56. The molecule has 0 N–H and O–H groups in total. The van der Waals surface area contributed by atoms with Gasteiger partial charge in [-0.1, -0.05) is 12.1 Å². The number of ether oxygens (including phenoxy) is 1. The third-order valence-electron chi connectivity index (χ3n) is 3.66. The van der Waals surface area contributed by atoms with Gasteiger partial charge in [0.15, 0.2) is 9.84 Å². The van der Waals surface area contributed by atoms with Gasteiger partial charge in [0, 0.05) is 13.1 Å². The largest absolute Gasteiger partial charge is 0.497 e. The topological polar surface area (TPSA) is 63.7 Å². The minimum atomic E-state index is -2.97. The molecule has 0 spiro atoms. The molecule has 0 bridgehead atoms. The molecule has 1 atom stereocenters. The molecule has 1 heterocycles. The summed E-state index contributed by atoms with van der Waals surface area (Å²) in [5.41, 5.74) is 0.892. The first-order chi connectivity index (χ1) is 9.41. The average Bonchev–Trinajstić information content (AvgIpc) is 2.79. The second kappa shape index (κ2) is 5.83. The summed E-state index contributed by atoms with van der Waals surface area (Å²) in [6, 6.07) is 7.11. The highest BCUT2D eigenvalue weighted by Crippen LogP contribution is 2.18. The third-order valence-corrected chi connectivity index (χ3v) is 5.41. The molecule has 1 aromatic rings. The lowest BCUT2D eigenvalue weighted by atomic mass is 10.1. The summed E-state index contributed by atoms with van der Waals surface area (Å²) in [5.74, 6) is 0.948. The standard InChI is InChI=1S/C14H19NO4S/c1-15(12-7-8-20(17,18)10-12)14(16)9-11-3-5-13(19-2)6-4-11/h3-6,12H,7-10H2,1-2H3. The van der Waals surface area contributed by atoms with E-state index in [-0.39, 0.29) is 29.9 Å². The van der Waals surface area contributed by atoms with E-state index in [0.29, 0.717) is 6.42 Å². The summed E-state index contributed by atoms with van der Waals surface area (Å²) in [6.45, 7) is 0. The van der Waals surface area contributed by atoms with E-state index in [1.165, 1.54) is 0 Å². The molecule has 0 saturated carbocycles. The molecule has 1 amide bonds. The lowest BCUT2D eigenvalue weighted by Crippen LogP contribution is -2.38. The quantitative estimate of drug-likeness (QED) is 0.828. The Bertz CT molecular complexity index is 580. The van der Waals surface area contributed by atoms with Crippen LogP contribution in [0.15, 0.2) is 24.3 Å². The molecule has 110 valence electrons. The van der Waals surface area contributed by atoms with Crippen molar-refractivity contribution in [2.24, 2.45) is 0 Å². The summed E-state index contributed by atoms with van der Waals surface area (Å²) in [7, 11) is 0.303. The van der Waals surface area contributed by atoms with Gasteiger partial charge in [0.1, 0.15) is 5.75 Å². The van der Waals surface area contributed by atoms with Crippen LogP contribution >= 0.6 is 0 Å². The van der Waals surface area contributed by atoms with Gasteiger partial charge in [-0.3, -0.25) is 4.79 Å². The highest BCUT2D eigenvalue weighted by Gasteiger charge is 2.32. The van der Waals surface area contributed by atoms with Crippen LogP contribution in [0.25, 0.3) is 0 Å². The molecule has 5 nitrogen and oxygen atoms in total. The van der Waals surface area contributed by atoms with Gasteiger partial charge in [0.05, 0.1) is 25.0 Å². The number of benzene rings is 1. The van der Waals surface area contributed by atoms with Crippen molar-refractivity contribution in [3.8, 4) is 5.75 Å². The first-order valence-electron chi connectivity index (χ1n) is 6.50. The van der Waals surface area contributed by atoms with Crippen molar-refractivity contribution in [3.63, 3.8) is 0 Å². The number of methoxy groups -OCH3 is 1. The van der Waals surface area contributed by atoms with E-state index in [4.69, 9.17) is 4.74 Å². The first kappa shape index (κ1) is 14.8. The number of carbonyl (C=O) groups excluding carboxylic acids is 1. The highest BCUT2D eigenvalue weighted by atomic mass is 32.2. The number of amides is 1. The molecule has 0 aromatic heterocycles. The number of rotatable bonds is 4. The Labute approximate surface area is 119 Å². The molecule has 1 saturated heterocycles. The van der Waals surface area contributed by atoms with E-state index in [1.54, 1.807) is 19.1 Å². The van der Waals surface area contributed by atoms with Gasteiger partial charge in [-0.25, -0.2) is 8.42 Å². The number of sulfone groups is 1. The molecule has 2 rings (SSSR count). The maximum atomic E-state index is 12.2. The Balaban J connectivity index is 1.97. The number of hydrogen-bond acceptors (Lipinski definition) is 4. The van der Waals surface area contributed by atoms with Crippen LogP contribution in [0.5, 0.6) is 5.75 Å². The van der Waals surface area contributed by atoms with Crippen LogP contribution in [0.3, 0.4) is 0 Å². The zero-order valence-electron chi connectivity index (χ0n) is 11.7. The molecular weight excluding hydrogens is 278 g/mol. The van der Waals surface area contributed by atoms with Gasteiger partial charge in [-0.05, 0) is 24.1 Å². The SMILES string of the molecule is COc1ccc(CC(=O)N(C)C2CCS(=O)(=O)C2)cc1. The van der Waals surface area contributed by atoms with Gasteiger partial charge in [-0.15, -0.1) is 0 Å². The predicted molar refractivity (Wildman–Crippen MR) is 76.5 cm³/mol. The van der Waals surface area contributed by atoms with E-state index in [0.717, 1.165) is 11.3 Å². The molecule has 20 heavy (non-hydrogen) atoms. The fourth-order valence-corrected chi connectivity index (χ4v) is 4.10. The van der Waals surface area contributed by atoms with Crippen molar-refractivity contribution < 1.29 is 17.9 Å². The van der Waals surface area contributed by atoms with Crippen molar-refractivity contribution in [3.05, 3.63) is 29.8 Å². The molecule has 0 radical (unpaired) electrons. The van der Waals surface area contributed by atoms with E-state index in [9.17, 15) is 13.2 Å². The normalized spacial score (nSPS) is 20.6. The van der Waals surface area contributed by atoms with Crippen LogP contribution in [-0.4, -0.2) is 50.9 Å². The van der Waals surface area contributed by atoms with Crippen molar-refractivity contribution in [1.82, 2.24) is 4.90 Å². The van der Waals surface area contributed by atoms with E-state index >= 15 is 0 Å². The van der Waals surface area contributed by atoms with E-state index < -0.39 is 9.84 Å². The fraction of sp³-hybridized carbons (Fsp3) is 0.500. The van der Waals surface area contributed by atoms with Crippen molar-refractivity contribution in [2.75, 3.05) is 25.7 Å². The summed E-state index contributed by atoms with van der Waals surface area (Å²) < 4.78 is 28.0. The van der Waals surface area contributed by atoms with E-state index in [1.807, 2.05) is 24.3 Å². The van der Waals surface area contributed by atoms with Crippen LogP contribution in [0.4, 0.5) is 0 Å². The Morgan fingerprint density at radius 2 is 2.00 bits per heavy atom. The number of hydrogen-bond donors (Lipinski definition) is 0. The average molecular weight is 297 g/mol. The van der Waals surface area contributed by atoms with Crippen molar-refractivity contribution >= 4 is 15.7 Å². The van der Waals surface area contributed by atoms with Gasteiger partial charge in [0.25, 0.3) is 0 Å². The van der Waals surface area contributed by atoms with E-state index in [2.05, 4.69) is 0 Å². The Morgan fingerprint density at radius 3 is 2.50 bits per heavy atom. The number of nitrogens with zero attached hydrogens (tertiary/aromatic N) is 1. The van der Waals surface area contributed by atoms with Crippen LogP contribution in [0, 0.1) is 0 Å². The van der Waals surface area contributed by atoms with Gasteiger partial charge < -0.3 is 9.64 Å². The lowest BCUT2D eigenvalue weighted by Gasteiger charge is -2.23. The summed E-state index contributed by atoms with van der Waals surface area (Å²) >= 11 is 0. The third kappa shape index (κ3) is 3.50. The zero-order valence-corrected chi connectivity index (χ0v) is 12.5. The second-order valence-corrected chi connectivity index (χ2v) is 7.32. The Morgan fingerprint density at radius 1 is 1.35 bits per heavy atom. The van der Waals surface area contributed by atoms with Crippen LogP contribution in [0.1, 0.15) is 12.0 Å². The molecular formula is C14H19NO4S. The maximum absolute atomic E-state index is 12.2. The van der Waals surface area contributed by atoms with Gasteiger partial charge in [-0.2, -0.15) is 0 Å². The maximum Gasteiger partial charge on any atom is 0.227 e. The number of carbonyl (C=O) groups is 1. The monoisotopic (exact) mass is 297 g/mol. The van der Waals surface area contributed by atoms with Crippen LogP contribution in [0.2, 0.25) is 0 Å². The molecule has 0 aliphatic carbocycles. The molecule has 1 unspecified atom stereocenters. The lowest BCUT2D eigenvalue weighted by molar-refractivity contribution is -0.130. The van der Waals surface area contributed by atoms with Gasteiger partial charge >= 0.3 is 0 Å². The Kier molecular flexibility index (Phi) is 4.32. The first-order valence-corrected chi connectivity index (χ1v) is 8.32. The van der Waals surface area contributed by atoms with Crippen LogP contribution in [-0.2, 0) is 21.1 Å². The molecule has 1 fully saturated rings. The highest BCUT2D eigenvalue weighted by molar-refractivity contribution is 7.91. The molecule has 1 aliphatic rings. The van der Waals surface area contributed by atoms with Crippen molar-refractivity contribution in [2.45, 2.75) is 18.9 Å². The minimum Gasteiger partial charge on any atom is -0.497 e. The second-order valence-electron chi connectivity index (χ2n) is 5.09. The summed E-state index contributed by atoms with van der Waals surface area (Å²) in [5, 5.41) is 0.